The Kier molecular flexibility index (Phi) is 13.0. The molecule has 0 atom stereocenters. The van der Waals surface area contributed by atoms with Crippen LogP contribution >= 0.6 is 0 Å². The molecule has 2 nitrogen and oxygen atoms in total. The van der Waals surface area contributed by atoms with E-state index in [0.717, 1.165) is 12.1 Å². The van der Waals surface area contributed by atoms with E-state index in [1.807, 2.05) is 0 Å². The summed E-state index contributed by atoms with van der Waals surface area (Å²) in [4.78, 5) is 2.73. The quantitative estimate of drug-likeness (QED) is 0.571. The van der Waals surface area contributed by atoms with Gasteiger partial charge in [0.15, 0.2) is 0 Å². The average Bonchev–Trinajstić information content (AvgIpc) is 2.64. The minimum absolute atomic E-state index is 0.837. The third-order valence-electron chi connectivity index (χ3n) is 5.81. The highest BCUT2D eigenvalue weighted by atomic mass is 15.1. The highest BCUT2D eigenvalue weighted by Crippen LogP contribution is 2.22. The van der Waals surface area contributed by atoms with Gasteiger partial charge in [0.2, 0.25) is 0 Å². The van der Waals surface area contributed by atoms with E-state index in [9.17, 15) is 0 Å². The molecule has 0 aromatic rings. The number of rotatable bonds is 8. The number of unbranched alkanes of at least 4 members (excludes halogenated alkanes) is 3. The first-order valence-corrected chi connectivity index (χ1v) is 10.7. The Labute approximate surface area is 146 Å². The van der Waals surface area contributed by atoms with Gasteiger partial charge in [0.05, 0.1) is 0 Å². The van der Waals surface area contributed by atoms with E-state index in [-0.39, 0.29) is 0 Å². The summed E-state index contributed by atoms with van der Waals surface area (Å²) in [6.45, 7) is 7.23. The second kappa shape index (κ2) is 14.3. The smallest absolute Gasteiger partial charge is 0.00951 e. The third kappa shape index (κ3) is 9.72. The molecule has 2 rings (SSSR count). The lowest BCUT2D eigenvalue weighted by atomic mass is 9.94. The Morgan fingerprint density at radius 3 is 1.87 bits per heavy atom. The molecule has 23 heavy (non-hydrogen) atoms. The van der Waals surface area contributed by atoms with Crippen LogP contribution in [0.1, 0.15) is 104 Å². The largest absolute Gasteiger partial charge is 0.317 e. The lowest BCUT2D eigenvalue weighted by Crippen LogP contribution is -2.37. The molecule has 0 spiro atoms. The van der Waals surface area contributed by atoms with Crippen molar-refractivity contribution in [3.05, 3.63) is 0 Å². The van der Waals surface area contributed by atoms with E-state index in [4.69, 9.17) is 0 Å². The standard InChI is InChI=1S/C14H29N.C7H15N/c1-3-5-6-10-13-15(4-2)14-11-8-7-9-12-14;1-8-7-5-3-2-4-6-7/h14H,3-13H2,1-2H3;7-8H,2-6H2,1H3. The molecule has 0 aliphatic heterocycles. The Hall–Kier alpha value is -0.0800. The van der Waals surface area contributed by atoms with E-state index in [0.29, 0.717) is 0 Å². The van der Waals surface area contributed by atoms with Crippen molar-refractivity contribution in [2.24, 2.45) is 0 Å². The Morgan fingerprint density at radius 2 is 1.39 bits per heavy atom. The summed E-state index contributed by atoms with van der Waals surface area (Å²) in [7, 11) is 2.07. The summed E-state index contributed by atoms with van der Waals surface area (Å²) >= 11 is 0. The van der Waals surface area contributed by atoms with Gasteiger partial charge in [-0.25, -0.2) is 0 Å². The fraction of sp³-hybridized carbons (Fsp3) is 1.00. The summed E-state index contributed by atoms with van der Waals surface area (Å²) in [6.07, 6.45) is 20.1. The summed E-state index contributed by atoms with van der Waals surface area (Å²) < 4.78 is 0. The molecular formula is C21H44N2. The van der Waals surface area contributed by atoms with Crippen molar-refractivity contribution in [2.45, 2.75) is 116 Å². The maximum atomic E-state index is 3.30. The molecule has 1 N–H and O–H groups in total. The molecule has 0 aromatic carbocycles. The Morgan fingerprint density at radius 1 is 0.783 bits per heavy atom. The molecule has 2 aliphatic rings. The molecule has 2 fully saturated rings. The third-order valence-corrected chi connectivity index (χ3v) is 5.81. The van der Waals surface area contributed by atoms with E-state index >= 15 is 0 Å². The van der Waals surface area contributed by atoms with E-state index < -0.39 is 0 Å². The van der Waals surface area contributed by atoms with Crippen LogP contribution in [0, 0.1) is 0 Å². The monoisotopic (exact) mass is 324 g/mol. The zero-order valence-corrected chi connectivity index (χ0v) is 16.4. The van der Waals surface area contributed by atoms with Crippen molar-refractivity contribution < 1.29 is 0 Å². The van der Waals surface area contributed by atoms with Gasteiger partial charge in [-0.3, -0.25) is 0 Å². The van der Waals surface area contributed by atoms with Gasteiger partial charge in [0.1, 0.15) is 0 Å². The van der Waals surface area contributed by atoms with Gasteiger partial charge < -0.3 is 10.2 Å². The van der Waals surface area contributed by atoms with Gasteiger partial charge >= 0.3 is 0 Å². The van der Waals surface area contributed by atoms with Crippen molar-refractivity contribution in [3.63, 3.8) is 0 Å². The first-order valence-electron chi connectivity index (χ1n) is 10.7. The fourth-order valence-corrected chi connectivity index (χ4v) is 4.18. The number of hydrogen-bond donors (Lipinski definition) is 1. The minimum atomic E-state index is 0.837. The van der Waals surface area contributed by atoms with Crippen LogP contribution in [0.3, 0.4) is 0 Å². The highest BCUT2D eigenvalue weighted by molar-refractivity contribution is 4.75. The second-order valence-corrected chi connectivity index (χ2v) is 7.60. The first kappa shape index (κ1) is 21.0. The fourth-order valence-electron chi connectivity index (χ4n) is 4.18. The van der Waals surface area contributed by atoms with Crippen LogP contribution in [0.4, 0.5) is 0 Å². The Balaban J connectivity index is 0.000000277. The lowest BCUT2D eigenvalue weighted by Gasteiger charge is -2.33. The van der Waals surface area contributed by atoms with Gasteiger partial charge in [-0.2, -0.15) is 0 Å². The molecule has 0 radical (unpaired) electrons. The molecule has 0 aromatic heterocycles. The predicted octanol–water partition coefficient (Wildman–Crippen LogP) is 5.76. The van der Waals surface area contributed by atoms with Crippen molar-refractivity contribution in [1.82, 2.24) is 10.2 Å². The van der Waals surface area contributed by atoms with Crippen molar-refractivity contribution in [3.8, 4) is 0 Å². The average molecular weight is 325 g/mol. The van der Waals surface area contributed by atoms with Crippen LogP contribution in [0.25, 0.3) is 0 Å². The summed E-state index contributed by atoms with van der Waals surface area (Å²) in [5, 5.41) is 3.30. The first-order chi connectivity index (χ1) is 11.3. The molecule has 0 amide bonds. The number of nitrogens with zero attached hydrogens (tertiary/aromatic N) is 1. The van der Waals surface area contributed by atoms with Gasteiger partial charge in [-0.05, 0) is 52.2 Å². The topological polar surface area (TPSA) is 15.3 Å². The molecule has 0 unspecified atom stereocenters. The van der Waals surface area contributed by atoms with E-state index in [2.05, 4.69) is 31.1 Å². The zero-order valence-electron chi connectivity index (χ0n) is 16.4. The van der Waals surface area contributed by atoms with Crippen molar-refractivity contribution >= 4 is 0 Å². The molecule has 0 bridgehead atoms. The molecule has 2 saturated carbocycles. The molecular weight excluding hydrogens is 280 g/mol. The van der Waals surface area contributed by atoms with Crippen LogP contribution < -0.4 is 5.32 Å². The van der Waals surface area contributed by atoms with E-state index in [1.165, 1.54) is 103 Å². The van der Waals surface area contributed by atoms with E-state index in [1.54, 1.807) is 0 Å². The summed E-state index contributed by atoms with van der Waals surface area (Å²) in [5.41, 5.74) is 0. The zero-order chi connectivity index (χ0) is 16.8. The minimum Gasteiger partial charge on any atom is -0.317 e. The van der Waals surface area contributed by atoms with Crippen LogP contribution in [-0.4, -0.2) is 37.1 Å². The molecule has 2 heteroatoms. The maximum Gasteiger partial charge on any atom is 0.00951 e. The van der Waals surface area contributed by atoms with Crippen molar-refractivity contribution in [1.29, 1.82) is 0 Å². The van der Waals surface area contributed by atoms with Gasteiger partial charge in [0, 0.05) is 12.1 Å². The molecule has 2 aliphatic carbocycles. The normalized spacial score (nSPS) is 20.3. The molecule has 0 saturated heterocycles. The number of nitrogens with one attached hydrogen (secondary N) is 1. The number of hydrogen-bond acceptors (Lipinski definition) is 2. The van der Waals surface area contributed by atoms with Crippen molar-refractivity contribution in [2.75, 3.05) is 20.1 Å². The maximum absolute atomic E-state index is 3.30. The summed E-state index contributed by atoms with van der Waals surface area (Å²) in [5.74, 6) is 0. The summed E-state index contributed by atoms with van der Waals surface area (Å²) in [6, 6.07) is 1.76. The predicted molar refractivity (Wildman–Crippen MR) is 104 cm³/mol. The van der Waals surface area contributed by atoms with Crippen LogP contribution in [-0.2, 0) is 0 Å². The van der Waals surface area contributed by atoms with Gasteiger partial charge in [-0.1, -0.05) is 71.6 Å². The van der Waals surface area contributed by atoms with Crippen LogP contribution in [0.15, 0.2) is 0 Å². The second-order valence-electron chi connectivity index (χ2n) is 7.60. The Bertz CT molecular complexity index is 242. The SMILES string of the molecule is CCCCCCN(CC)C1CCCCC1.CNC1CCCCC1. The molecule has 0 heterocycles. The highest BCUT2D eigenvalue weighted by Gasteiger charge is 2.18. The van der Waals surface area contributed by atoms with Gasteiger partial charge in [-0.15, -0.1) is 0 Å². The lowest BCUT2D eigenvalue weighted by molar-refractivity contribution is 0.160. The van der Waals surface area contributed by atoms with Crippen LogP contribution in [0.5, 0.6) is 0 Å². The van der Waals surface area contributed by atoms with Gasteiger partial charge in [0.25, 0.3) is 0 Å². The van der Waals surface area contributed by atoms with Crippen LogP contribution in [0.2, 0.25) is 0 Å². The molecule has 138 valence electrons.